The van der Waals surface area contributed by atoms with Gasteiger partial charge in [0, 0.05) is 5.69 Å². The van der Waals surface area contributed by atoms with Gasteiger partial charge in [-0.15, -0.1) is 0 Å². The van der Waals surface area contributed by atoms with Crippen LogP contribution >= 0.6 is 0 Å². The van der Waals surface area contributed by atoms with E-state index in [1.165, 1.54) is 6.07 Å². The third-order valence-corrected chi connectivity index (χ3v) is 3.09. The SMILES string of the molecule is CCc1c(C)nc2c(C)ccc(F)c2c1NN. The lowest BCUT2D eigenvalue weighted by molar-refractivity contribution is 0.639. The molecule has 90 valence electrons. The smallest absolute Gasteiger partial charge is 0.134 e. The molecule has 1 aromatic carbocycles. The monoisotopic (exact) mass is 233 g/mol. The van der Waals surface area contributed by atoms with Crippen molar-refractivity contribution in [2.75, 3.05) is 5.43 Å². The van der Waals surface area contributed by atoms with E-state index in [1.807, 2.05) is 20.8 Å². The molecule has 17 heavy (non-hydrogen) atoms. The van der Waals surface area contributed by atoms with Crippen LogP contribution in [0.25, 0.3) is 10.9 Å². The van der Waals surface area contributed by atoms with Gasteiger partial charge in [0.25, 0.3) is 0 Å². The largest absolute Gasteiger partial charge is 0.323 e. The maximum Gasteiger partial charge on any atom is 0.134 e. The van der Waals surface area contributed by atoms with Crippen LogP contribution in [0.5, 0.6) is 0 Å². The van der Waals surface area contributed by atoms with Crippen LogP contribution in [0, 0.1) is 19.7 Å². The standard InChI is InChI=1S/C13H16FN3/c1-4-9-8(3)16-12-7(2)5-6-10(14)11(12)13(9)17-15/h5-6H,4,15H2,1-3H3,(H,16,17). The molecule has 0 aliphatic carbocycles. The predicted molar refractivity (Wildman–Crippen MR) is 68.4 cm³/mol. The Morgan fingerprint density at radius 1 is 1.35 bits per heavy atom. The molecule has 0 amide bonds. The van der Waals surface area contributed by atoms with E-state index in [4.69, 9.17) is 5.84 Å². The molecule has 2 aromatic rings. The summed E-state index contributed by atoms with van der Waals surface area (Å²) < 4.78 is 13.9. The summed E-state index contributed by atoms with van der Waals surface area (Å²) in [5.41, 5.74) is 6.74. The van der Waals surface area contributed by atoms with Crippen LogP contribution in [0.3, 0.4) is 0 Å². The lowest BCUT2D eigenvalue weighted by Crippen LogP contribution is -2.12. The molecule has 0 saturated heterocycles. The van der Waals surface area contributed by atoms with Crippen LogP contribution in [0.15, 0.2) is 12.1 Å². The van der Waals surface area contributed by atoms with Crippen molar-refractivity contribution in [3.63, 3.8) is 0 Å². The van der Waals surface area contributed by atoms with Gasteiger partial charge >= 0.3 is 0 Å². The maximum atomic E-state index is 13.9. The van der Waals surface area contributed by atoms with E-state index in [1.54, 1.807) is 6.07 Å². The van der Waals surface area contributed by atoms with Gasteiger partial charge in [0.15, 0.2) is 0 Å². The normalized spacial score (nSPS) is 10.9. The van der Waals surface area contributed by atoms with Crippen LogP contribution in [-0.4, -0.2) is 4.98 Å². The second-order valence-electron chi connectivity index (χ2n) is 4.14. The Morgan fingerprint density at radius 3 is 2.65 bits per heavy atom. The first-order valence-electron chi connectivity index (χ1n) is 5.65. The molecule has 0 unspecified atom stereocenters. The molecule has 0 radical (unpaired) electrons. The number of nitrogen functional groups attached to an aromatic ring is 1. The van der Waals surface area contributed by atoms with Crippen molar-refractivity contribution in [1.82, 2.24) is 4.98 Å². The topological polar surface area (TPSA) is 50.9 Å². The summed E-state index contributed by atoms with van der Waals surface area (Å²) in [6.45, 7) is 5.84. The van der Waals surface area contributed by atoms with Crippen molar-refractivity contribution in [2.24, 2.45) is 5.84 Å². The number of anilines is 1. The molecule has 1 heterocycles. The first kappa shape index (κ1) is 11.8. The van der Waals surface area contributed by atoms with E-state index in [0.717, 1.165) is 23.2 Å². The fourth-order valence-corrected chi connectivity index (χ4v) is 2.21. The van der Waals surface area contributed by atoms with Crippen molar-refractivity contribution < 1.29 is 4.39 Å². The van der Waals surface area contributed by atoms with E-state index in [9.17, 15) is 4.39 Å². The Bertz CT molecular complexity index is 579. The molecule has 1 aromatic heterocycles. The maximum absolute atomic E-state index is 13.9. The summed E-state index contributed by atoms with van der Waals surface area (Å²) in [6.07, 6.45) is 0.766. The van der Waals surface area contributed by atoms with E-state index >= 15 is 0 Å². The third-order valence-electron chi connectivity index (χ3n) is 3.09. The predicted octanol–water partition coefficient (Wildman–Crippen LogP) is 2.84. The number of rotatable bonds is 2. The Labute approximate surface area is 99.8 Å². The van der Waals surface area contributed by atoms with E-state index in [2.05, 4.69) is 10.4 Å². The molecule has 3 N–H and O–H groups in total. The summed E-state index contributed by atoms with van der Waals surface area (Å²) in [4.78, 5) is 4.48. The molecule has 0 bridgehead atoms. The highest BCUT2D eigenvalue weighted by Crippen LogP contribution is 2.31. The lowest BCUT2D eigenvalue weighted by Gasteiger charge is -2.15. The minimum Gasteiger partial charge on any atom is -0.323 e. The minimum absolute atomic E-state index is 0.291. The summed E-state index contributed by atoms with van der Waals surface area (Å²) in [5.74, 6) is 5.24. The summed E-state index contributed by atoms with van der Waals surface area (Å²) >= 11 is 0. The minimum atomic E-state index is -0.291. The molecule has 0 atom stereocenters. The summed E-state index contributed by atoms with van der Waals surface area (Å²) in [5, 5.41) is 0.481. The van der Waals surface area contributed by atoms with Crippen LogP contribution in [-0.2, 0) is 6.42 Å². The number of fused-ring (bicyclic) bond motifs is 1. The molecular weight excluding hydrogens is 217 g/mol. The molecule has 0 aliphatic rings. The van der Waals surface area contributed by atoms with Crippen LogP contribution in [0.4, 0.5) is 10.1 Å². The van der Waals surface area contributed by atoms with E-state index in [-0.39, 0.29) is 5.82 Å². The van der Waals surface area contributed by atoms with Crippen molar-refractivity contribution >= 4 is 16.6 Å². The number of benzene rings is 1. The molecule has 0 spiro atoms. The molecule has 0 saturated carbocycles. The van der Waals surface area contributed by atoms with Crippen LogP contribution < -0.4 is 11.3 Å². The Hall–Kier alpha value is -1.68. The lowest BCUT2D eigenvalue weighted by atomic mass is 10.0. The van der Waals surface area contributed by atoms with Crippen molar-refractivity contribution in [3.8, 4) is 0 Å². The molecule has 4 heteroatoms. The van der Waals surface area contributed by atoms with Crippen molar-refractivity contribution in [2.45, 2.75) is 27.2 Å². The average molecular weight is 233 g/mol. The first-order chi connectivity index (χ1) is 8.10. The van der Waals surface area contributed by atoms with Crippen LogP contribution in [0.1, 0.15) is 23.7 Å². The van der Waals surface area contributed by atoms with Gasteiger partial charge in [-0.25, -0.2) is 4.39 Å². The number of halogens is 1. The number of nitrogens with two attached hydrogens (primary N) is 1. The number of nitrogens with one attached hydrogen (secondary N) is 1. The number of pyridine rings is 1. The summed E-state index contributed by atoms with van der Waals surface area (Å²) in [6, 6.07) is 3.19. The molecule has 3 nitrogen and oxygen atoms in total. The van der Waals surface area contributed by atoms with E-state index < -0.39 is 0 Å². The van der Waals surface area contributed by atoms with Gasteiger partial charge < -0.3 is 5.43 Å². The summed E-state index contributed by atoms with van der Waals surface area (Å²) in [7, 11) is 0. The van der Waals surface area contributed by atoms with Gasteiger partial charge in [0.2, 0.25) is 0 Å². The second kappa shape index (κ2) is 4.30. The Kier molecular flexibility index (Phi) is 2.98. The second-order valence-corrected chi connectivity index (χ2v) is 4.14. The number of hydrogen-bond acceptors (Lipinski definition) is 3. The highest BCUT2D eigenvalue weighted by molar-refractivity contribution is 5.95. The van der Waals surface area contributed by atoms with Crippen molar-refractivity contribution in [3.05, 3.63) is 34.8 Å². The van der Waals surface area contributed by atoms with Gasteiger partial charge in [0.1, 0.15) is 5.82 Å². The number of hydrazine groups is 1. The Balaban J connectivity index is 2.98. The van der Waals surface area contributed by atoms with Gasteiger partial charge in [0.05, 0.1) is 16.6 Å². The highest BCUT2D eigenvalue weighted by Gasteiger charge is 2.15. The zero-order chi connectivity index (χ0) is 12.6. The zero-order valence-corrected chi connectivity index (χ0v) is 10.3. The van der Waals surface area contributed by atoms with Gasteiger partial charge in [-0.3, -0.25) is 10.8 Å². The van der Waals surface area contributed by atoms with Gasteiger partial charge in [-0.05, 0) is 37.5 Å². The number of hydrogen-bond donors (Lipinski definition) is 2. The molecule has 0 fully saturated rings. The third kappa shape index (κ3) is 1.74. The van der Waals surface area contributed by atoms with Crippen LogP contribution in [0.2, 0.25) is 0 Å². The van der Waals surface area contributed by atoms with Gasteiger partial charge in [-0.2, -0.15) is 0 Å². The number of nitrogens with zero attached hydrogens (tertiary/aromatic N) is 1. The van der Waals surface area contributed by atoms with Crippen molar-refractivity contribution in [1.29, 1.82) is 0 Å². The fraction of sp³-hybridized carbons (Fsp3) is 0.308. The highest BCUT2D eigenvalue weighted by atomic mass is 19.1. The number of aryl methyl sites for hydroxylation is 2. The Morgan fingerprint density at radius 2 is 2.06 bits per heavy atom. The molecule has 2 rings (SSSR count). The van der Waals surface area contributed by atoms with E-state index in [0.29, 0.717) is 16.6 Å². The fourth-order valence-electron chi connectivity index (χ4n) is 2.21. The average Bonchev–Trinajstić information content (AvgIpc) is 2.32. The quantitative estimate of drug-likeness (QED) is 0.619. The first-order valence-corrected chi connectivity index (χ1v) is 5.65. The number of aromatic nitrogens is 1. The molecular formula is C13H16FN3. The molecule has 0 aliphatic heterocycles. The van der Waals surface area contributed by atoms with Gasteiger partial charge in [-0.1, -0.05) is 13.0 Å². The zero-order valence-electron chi connectivity index (χ0n) is 10.3.